The maximum Gasteiger partial charge on any atom is 0.336 e. The SMILES string of the molecule is CC1(C)O[C@@H](C(=O)O)[C@H](C(=S)NCC2CC(Cc3ccccc3Cl)=CS2)O1. The average Bonchev–Trinajstić information content (AvgIpc) is 3.18. The summed E-state index contributed by atoms with van der Waals surface area (Å²) in [5.74, 6) is -2.04. The normalized spacial score (nSPS) is 26.6. The Hall–Kier alpha value is -1.12. The van der Waals surface area contributed by atoms with Crippen molar-refractivity contribution in [1.82, 2.24) is 5.32 Å². The molecular formula is C19H22ClNO4S2. The Morgan fingerprint density at radius 3 is 2.78 bits per heavy atom. The molecule has 2 aliphatic heterocycles. The van der Waals surface area contributed by atoms with Crippen molar-refractivity contribution in [3.05, 3.63) is 45.8 Å². The molecule has 0 amide bonds. The highest BCUT2D eigenvalue weighted by atomic mass is 35.5. The summed E-state index contributed by atoms with van der Waals surface area (Å²) in [6.45, 7) is 4.01. The average molecular weight is 428 g/mol. The molecule has 2 aliphatic rings. The van der Waals surface area contributed by atoms with Gasteiger partial charge in [-0.05, 0) is 43.7 Å². The lowest BCUT2D eigenvalue weighted by molar-refractivity contribution is -0.165. The molecule has 3 rings (SSSR count). The molecule has 27 heavy (non-hydrogen) atoms. The predicted octanol–water partition coefficient (Wildman–Crippen LogP) is 3.79. The number of thioether (sulfide) groups is 1. The lowest BCUT2D eigenvalue weighted by Crippen LogP contribution is -2.44. The van der Waals surface area contributed by atoms with Crippen molar-refractivity contribution in [2.75, 3.05) is 6.54 Å². The number of nitrogens with one attached hydrogen (secondary N) is 1. The minimum Gasteiger partial charge on any atom is -0.479 e. The Morgan fingerprint density at radius 1 is 1.37 bits per heavy atom. The predicted molar refractivity (Wildman–Crippen MR) is 111 cm³/mol. The van der Waals surface area contributed by atoms with E-state index in [1.807, 2.05) is 24.3 Å². The highest BCUT2D eigenvalue weighted by molar-refractivity contribution is 8.03. The monoisotopic (exact) mass is 427 g/mol. The lowest BCUT2D eigenvalue weighted by atomic mass is 10.0. The van der Waals surface area contributed by atoms with Crippen LogP contribution in [0.5, 0.6) is 0 Å². The second-order valence-corrected chi connectivity index (χ2v) is 9.09. The lowest BCUT2D eigenvalue weighted by Gasteiger charge is -2.19. The highest BCUT2D eigenvalue weighted by Crippen LogP contribution is 2.33. The molecule has 0 aromatic heterocycles. The van der Waals surface area contributed by atoms with Gasteiger partial charge in [-0.25, -0.2) is 4.79 Å². The summed E-state index contributed by atoms with van der Waals surface area (Å²) in [5.41, 5.74) is 2.45. The molecule has 0 aliphatic carbocycles. The van der Waals surface area contributed by atoms with Crippen molar-refractivity contribution in [1.29, 1.82) is 0 Å². The van der Waals surface area contributed by atoms with E-state index in [9.17, 15) is 9.90 Å². The van der Waals surface area contributed by atoms with Gasteiger partial charge in [0, 0.05) is 16.8 Å². The van der Waals surface area contributed by atoms with Crippen LogP contribution in [0.25, 0.3) is 0 Å². The number of carboxylic acid groups (broad SMARTS) is 1. The first-order valence-electron chi connectivity index (χ1n) is 8.68. The number of halogens is 1. The first-order valence-corrected chi connectivity index (χ1v) is 10.4. The smallest absolute Gasteiger partial charge is 0.336 e. The number of allylic oxidation sites excluding steroid dienone is 1. The maximum absolute atomic E-state index is 11.4. The van der Waals surface area contributed by atoms with E-state index in [1.165, 1.54) is 5.57 Å². The Kier molecular flexibility index (Phi) is 6.48. The van der Waals surface area contributed by atoms with Crippen LogP contribution in [0.1, 0.15) is 25.8 Å². The molecule has 0 saturated carbocycles. The quantitative estimate of drug-likeness (QED) is 0.669. The van der Waals surface area contributed by atoms with Crippen LogP contribution in [0.2, 0.25) is 5.02 Å². The third-order valence-electron chi connectivity index (χ3n) is 4.39. The van der Waals surface area contributed by atoms with E-state index in [2.05, 4.69) is 10.7 Å². The van der Waals surface area contributed by atoms with Crippen LogP contribution < -0.4 is 5.32 Å². The summed E-state index contributed by atoms with van der Waals surface area (Å²) in [4.78, 5) is 11.8. The number of hydrogen-bond donors (Lipinski definition) is 2. The molecule has 1 unspecified atom stereocenters. The van der Waals surface area contributed by atoms with E-state index in [-0.39, 0.29) is 0 Å². The third kappa shape index (κ3) is 5.23. The first-order chi connectivity index (χ1) is 12.7. The number of ether oxygens (including phenoxy) is 2. The van der Waals surface area contributed by atoms with E-state index in [0.717, 1.165) is 23.4 Å². The molecule has 1 aromatic rings. The van der Waals surface area contributed by atoms with Gasteiger partial charge < -0.3 is 19.9 Å². The van der Waals surface area contributed by atoms with E-state index < -0.39 is 24.0 Å². The van der Waals surface area contributed by atoms with E-state index in [1.54, 1.807) is 25.6 Å². The molecule has 0 bridgehead atoms. The van der Waals surface area contributed by atoms with Crippen molar-refractivity contribution in [2.24, 2.45) is 0 Å². The van der Waals surface area contributed by atoms with Gasteiger partial charge in [0.1, 0.15) is 11.1 Å². The van der Waals surface area contributed by atoms with Gasteiger partial charge in [-0.2, -0.15) is 0 Å². The minimum atomic E-state index is -1.09. The van der Waals surface area contributed by atoms with E-state index >= 15 is 0 Å². The zero-order chi connectivity index (χ0) is 19.6. The summed E-state index contributed by atoms with van der Waals surface area (Å²) in [6, 6.07) is 7.87. The van der Waals surface area contributed by atoms with Crippen LogP contribution in [0.3, 0.4) is 0 Å². The topological polar surface area (TPSA) is 67.8 Å². The number of carboxylic acids is 1. The van der Waals surface area contributed by atoms with Crippen LogP contribution in [-0.2, 0) is 20.7 Å². The molecule has 2 heterocycles. The minimum absolute atomic E-state index is 0.332. The molecule has 2 N–H and O–H groups in total. The van der Waals surface area contributed by atoms with Crippen molar-refractivity contribution in [3.63, 3.8) is 0 Å². The molecule has 8 heteroatoms. The van der Waals surface area contributed by atoms with Crippen molar-refractivity contribution in [3.8, 4) is 0 Å². The first kappa shape index (κ1) is 20.6. The number of hydrogen-bond acceptors (Lipinski definition) is 5. The van der Waals surface area contributed by atoms with Crippen LogP contribution in [0, 0.1) is 0 Å². The third-order valence-corrected chi connectivity index (χ3v) is 6.33. The Morgan fingerprint density at radius 2 is 2.07 bits per heavy atom. The number of benzene rings is 1. The second-order valence-electron chi connectivity index (χ2n) is 7.07. The van der Waals surface area contributed by atoms with Crippen LogP contribution in [0.15, 0.2) is 35.2 Å². The van der Waals surface area contributed by atoms with Gasteiger partial charge in [0.15, 0.2) is 11.9 Å². The number of rotatable bonds is 6. The van der Waals surface area contributed by atoms with Crippen LogP contribution in [0.4, 0.5) is 0 Å². The zero-order valence-electron chi connectivity index (χ0n) is 15.1. The van der Waals surface area contributed by atoms with Gasteiger partial charge in [-0.1, -0.05) is 47.6 Å². The maximum atomic E-state index is 11.4. The fourth-order valence-corrected chi connectivity index (χ4v) is 4.66. The summed E-state index contributed by atoms with van der Waals surface area (Å²) in [5, 5.41) is 15.8. The fraction of sp³-hybridized carbons (Fsp3) is 0.474. The summed E-state index contributed by atoms with van der Waals surface area (Å²) >= 11 is 13.4. The molecule has 1 aromatic carbocycles. The van der Waals surface area contributed by atoms with E-state index in [0.29, 0.717) is 16.8 Å². The van der Waals surface area contributed by atoms with Crippen molar-refractivity contribution in [2.45, 2.75) is 49.9 Å². The number of thiocarbonyl (C=S) groups is 1. The van der Waals surface area contributed by atoms with Crippen molar-refractivity contribution < 1.29 is 19.4 Å². The molecule has 3 atom stereocenters. The standard InChI is InChI=1S/C19H22ClNO4S2/c1-19(2)24-15(16(25-19)18(22)23)17(26)21-9-13-8-11(10-27-13)7-12-5-3-4-6-14(12)20/h3-6,10,13,15-16H,7-9H2,1-2H3,(H,21,26)(H,22,23)/t13?,15-,16-/m1/s1. The Labute approximate surface area is 173 Å². The number of carbonyl (C=O) groups is 1. The van der Waals surface area contributed by atoms with Gasteiger partial charge in [0.25, 0.3) is 0 Å². The van der Waals surface area contributed by atoms with E-state index in [4.69, 9.17) is 33.3 Å². The van der Waals surface area contributed by atoms with Crippen LogP contribution >= 0.6 is 35.6 Å². The molecule has 1 fully saturated rings. The zero-order valence-corrected chi connectivity index (χ0v) is 17.5. The van der Waals surface area contributed by atoms with Gasteiger partial charge in [0.2, 0.25) is 0 Å². The largest absolute Gasteiger partial charge is 0.479 e. The van der Waals surface area contributed by atoms with Crippen molar-refractivity contribution >= 4 is 46.5 Å². The fourth-order valence-electron chi connectivity index (χ4n) is 3.15. The molecular weight excluding hydrogens is 406 g/mol. The molecule has 0 radical (unpaired) electrons. The highest BCUT2D eigenvalue weighted by Gasteiger charge is 2.47. The second kappa shape index (κ2) is 8.49. The van der Waals surface area contributed by atoms with Gasteiger partial charge in [0.05, 0.1) is 0 Å². The van der Waals surface area contributed by atoms with Crippen LogP contribution in [-0.4, -0.2) is 45.9 Å². The number of aliphatic carboxylic acids is 1. The van der Waals surface area contributed by atoms with Gasteiger partial charge in [-0.15, -0.1) is 11.8 Å². The van der Waals surface area contributed by atoms with Gasteiger partial charge >= 0.3 is 5.97 Å². The molecule has 0 spiro atoms. The summed E-state index contributed by atoms with van der Waals surface area (Å²) in [7, 11) is 0. The Bertz CT molecular complexity index is 768. The van der Waals surface area contributed by atoms with Gasteiger partial charge in [-0.3, -0.25) is 0 Å². The Balaban J connectivity index is 1.49. The molecule has 5 nitrogen and oxygen atoms in total. The summed E-state index contributed by atoms with van der Waals surface area (Å²) < 4.78 is 11.1. The molecule has 1 saturated heterocycles. The summed E-state index contributed by atoms with van der Waals surface area (Å²) in [6.07, 6.45) is -0.108. The molecule has 146 valence electrons.